The molecule has 1 aliphatic rings. The maximum Gasteiger partial charge on any atom is 0.162 e. The highest BCUT2D eigenvalue weighted by Gasteiger charge is 2.30. The molecule has 0 spiro atoms. The molecule has 1 aliphatic heterocycles. The zero-order valence-corrected chi connectivity index (χ0v) is 12.7. The monoisotopic (exact) mass is 311 g/mol. The fraction of sp³-hybridized carbons (Fsp3) is 0.353. The second-order valence-corrected chi connectivity index (χ2v) is 6.00. The van der Waals surface area contributed by atoms with E-state index in [4.69, 9.17) is 0 Å². The molecule has 1 aromatic heterocycles. The summed E-state index contributed by atoms with van der Waals surface area (Å²) in [5, 5.41) is 17.0. The van der Waals surface area contributed by atoms with Gasteiger partial charge in [0.2, 0.25) is 0 Å². The number of aromatic nitrogens is 4. The SMILES string of the molecule is Fc1c([C@H](C2CCCNC2)n2ncnn2)ccc2ccccc12. The van der Waals surface area contributed by atoms with Crippen molar-refractivity contribution in [1.29, 1.82) is 0 Å². The van der Waals surface area contributed by atoms with Crippen molar-refractivity contribution >= 4 is 10.8 Å². The molecule has 23 heavy (non-hydrogen) atoms. The van der Waals surface area contributed by atoms with Crippen molar-refractivity contribution in [2.75, 3.05) is 13.1 Å². The van der Waals surface area contributed by atoms with E-state index in [9.17, 15) is 0 Å². The molecule has 1 N–H and O–H groups in total. The highest BCUT2D eigenvalue weighted by molar-refractivity contribution is 5.83. The molecule has 0 radical (unpaired) electrons. The Bertz CT molecular complexity index is 796. The van der Waals surface area contributed by atoms with Crippen molar-refractivity contribution in [2.24, 2.45) is 5.92 Å². The normalized spacial score (nSPS) is 19.8. The molecule has 2 atom stereocenters. The van der Waals surface area contributed by atoms with Crippen molar-refractivity contribution in [1.82, 2.24) is 25.5 Å². The van der Waals surface area contributed by atoms with E-state index in [-0.39, 0.29) is 17.8 Å². The summed E-state index contributed by atoms with van der Waals surface area (Å²) >= 11 is 0. The first-order valence-corrected chi connectivity index (χ1v) is 7.95. The van der Waals surface area contributed by atoms with E-state index in [0.717, 1.165) is 31.3 Å². The average Bonchev–Trinajstić information content (AvgIpc) is 3.13. The van der Waals surface area contributed by atoms with Gasteiger partial charge in [-0.1, -0.05) is 36.4 Å². The predicted octanol–water partition coefficient (Wildman–Crippen LogP) is 2.55. The fourth-order valence-electron chi connectivity index (χ4n) is 3.50. The number of piperidine rings is 1. The summed E-state index contributed by atoms with van der Waals surface area (Å²) in [6.07, 6.45) is 3.50. The summed E-state index contributed by atoms with van der Waals surface area (Å²) in [4.78, 5) is 1.55. The lowest BCUT2D eigenvalue weighted by Crippen LogP contribution is -2.36. The molecule has 5 nitrogen and oxygen atoms in total. The first-order chi connectivity index (χ1) is 11.3. The predicted molar refractivity (Wildman–Crippen MR) is 85.5 cm³/mol. The Kier molecular flexibility index (Phi) is 3.75. The average molecular weight is 311 g/mol. The van der Waals surface area contributed by atoms with Crippen LogP contribution in [0.5, 0.6) is 0 Å². The summed E-state index contributed by atoms with van der Waals surface area (Å²) in [5.74, 6) is 0.0598. The number of hydrogen-bond donors (Lipinski definition) is 1. The van der Waals surface area contributed by atoms with Crippen molar-refractivity contribution in [3.63, 3.8) is 0 Å². The molecule has 0 aliphatic carbocycles. The van der Waals surface area contributed by atoms with Crippen LogP contribution in [0.4, 0.5) is 4.39 Å². The minimum absolute atomic E-state index is 0.184. The Morgan fingerprint density at radius 2 is 2.13 bits per heavy atom. The zero-order valence-electron chi connectivity index (χ0n) is 12.7. The first-order valence-electron chi connectivity index (χ1n) is 7.95. The van der Waals surface area contributed by atoms with Crippen LogP contribution in [0.2, 0.25) is 0 Å². The summed E-state index contributed by atoms with van der Waals surface area (Å²) in [7, 11) is 0. The molecule has 2 heterocycles. The van der Waals surface area contributed by atoms with Gasteiger partial charge in [0.25, 0.3) is 0 Å². The maximum atomic E-state index is 15.2. The van der Waals surface area contributed by atoms with Gasteiger partial charge in [0.15, 0.2) is 6.33 Å². The molecule has 4 rings (SSSR count). The van der Waals surface area contributed by atoms with E-state index in [1.54, 1.807) is 4.80 Å². The molecular weight excluding hydrogens is 293 g/mol. The Labute approximate surface area is 133 Å². The molecule has 0 saturated carbocycles. The number of benzene rings is 2. The summed E-state index contributed by atoms with van der Waals surface area (Å²) in [5.41, 5.74) is 0.635. The molecule has 2 aromatic carbocycles. The number of rotatable bonds is 3. The minimum Gasteiger partial charge on any atom is -0.316 e. The Morgan fingerprint density at radius 3 is 2.91 bits per heavy atom. The zero-order chi connectivity index (χ0) is 15.6. The summed E-state index contributed by atoms with van der Waals surface area (Å²) in [6, 6.07) is 11.1. The van der Waals surface area contributed by atoms with E-state index in [0.29, 0.717) is 10.9 Å². The lowest BCUT2D eigenvalue weighted by molar-refractivity contribution is 0.257. The third-order valence-corrected chi connectivity index (χ3v) is 4.61. The summed E-state index contributed by atoms with van der Waals surface area (Å²) < 4.78 is 15.2. The summed E-state index contributed by atoms with van der Waals surface area (Å²) in [6.45, 7) is 1.84. The number of hydrogen-bond acceptors (Lipinski definition) is 4. The van der Waals surface area contributed by atoms with Gasteiger partial charge >= 0.3 is 0 Å². The second-order valence-electron chi connectivity index (χ2n) is 6.00. The topological polar surface area (TPSA) is 55.6 Å². The van der Waals surface area contributed by atoms with Gasteiger partial charge in [-0.25, -0.2) is 4.39 Å². The van der Waals surface area contributed by atoms with Gasteiger partial charge in [-0.3, -0.25) is 0 Å². The molecule has 6 heteroatoms. The fourth-order valence-corrected chi connectivity index (χ4v) is 3.50. The standard InChI is InChI=1S/C17H18FN5/c18-16-14-6-2-1-4-12(14)7-8-15(16)17(23-21-11-20-22-23)13-5-3-9-19-10-13/h1-2,4,6-8,11,13,17,19H,3,5,9-10H2/t13?,17-/m0/s1. The molecule has 1 unspecified atom stereocenters. The molecular formula is C17H18FN5. The maximum absolute atomic E-state index is 15.2. The van der Waals surface area contributed by atoms with E-state index in [1.807, 2.05) is 36.4 Å². The van der Waals surface area contributed by atoms with Gasteiger partial charge in [-0.2, -0.15) is 4.80 Å². The molecule has 3 aromatic rings. The van der Waals surface area contributed by atoms with Crippen LogP contribution in [0.3, 0.4) is 0 Å². The van der Waals surface area contributed by atoms with Crippen LogP contribution in [0.15, 0.2) is 42.7 Å². The molecule has 1 fully saturated rings. The Balaban J connectivity index is 1.84. The third-order valence-electron chi connectivity index (χ3n) is 4.61. The number of tetrazole rings is 1. The van der Waals surface area contributed by atoms with Gasteiger partial charge < -0.3 is 5.32 Å². The molecule has 0 amide bonds. The van der Waals surface area contributed by atoms with Gasteiger partial charge in [0.1, 0.15) is 11.9 Å². The van der Waals surface area contributed by atoms with Crippen molar-refractivity contribution < 1.29 is 4.39 Å². The van der Waals surface area contributed by atoms with Crippen LogP contribution in [0.1, 0.15) is 24.4 Å². The Hall–Kier alpha value is -2.34. The largest absolute Gasteiger partial charge is 0.316 e. The Morgan fingerprint density at radius 1 is 1.22 bits per heavy atom. The highest BCUT2D eigenvalue weighted by atomic mass is 19.1. The quantitative estimate of drug-likeness (QED) is 0.807. The highest BCUT2D eigenvalue weighted by Crippen LogP contribution is 2.34. The van der Waals surface area contributed by atoms with Gasteiger partial charge in [-0.05, 0) is 35.9 Å². The van der Waals surface area contributed by atoms with Gasteiger partial charge in [0, 0.05) is 17.5 Å². The van der Waals surface area contributed by atoms with E-state index in [2.05, 4.69) is 20.7 Å². The molecule has 118 valence electrons. The number of halogens is 1. The van der Waals surface area contributed by atoms with E-state index in [1.165, 1.54) is 6.33 Å². The number of nitrogens with zero attached hydrogens (tertiary/aromatic N) is 4. The van der Waals surface area contributed by atoms with E-state index < -0.39 is 0 Å². The van der Waals surface area contributed by atoms with Gasteiger partial charge in [-0.15, -0.1) is 10.2 Å². The van der Waals surface area contributed by atoms with Crippen LogP contribution in [-0.4, -0.2) is 33.3 Å². The van der Waals surface area contributed by atoms with Crippen LogP contribution < -0.4 is 5.32 Å². The third kappa shape index (κ3) is 2.59. The van der Waals surface area contributed by atoms with Crippen LogP contribution in [0.25, 0.3) is 10.8 Å². The second kappa shape index (κ2) is 6.04. The first kappa shape index (κ1) is 14.3. The lowest BCUT2D eigenvalue weighted by Gasteiger charge is -2.30. The van der Waals surface area contributed by atoms with Crippen LogP contribution in [0, 0.1) is 11.7 Å². The van der Waals surface area contributed by atoms with Crippen molar-refractivity contribution in [3.05, 3.63) is 54.1 Å². The van der Waals surface area contributed by atoms with Crippen molar-refractivity contribution in [2.45, 2.75) is 18.9 Å². The van der Waals surface area contributed by atoms with Crippen LogP contribution in [-0.2, 0) is 0 Å². The van der Waals surface area contributed by atoms with Crippen LogP contribution >= 0.6 is 0 Å². The lowest BCUT2D eigenvalue weighted by atomic mass is 9.86. The smallest absolute Gasteiger partial charge is 0.162 e. The number of fused-ring (bicyclic) bond motifs is 1. The molecule has 1 saturated heterocycles. The number of nitrogens with one attached hydrogen (secondary N) is 1. The van der Waals surface area contributed by atoms with Crippen molar-refractivity contribution in [3.8, 4) is 0 Å². The minimum atomic E-state index is -0.241. The van der Waals surface area contributed by atoms with E-state index >= 15 is 4.39 Å². The van der Waals surface area contributed by atoms with Gasteiger partial charge in [0.05, 0.1) is 0 Å². The molecule has 0 bridgehead atoms.